The summed E-state index contributed by atoms with van der Waals surface area (Å²) in [7, 11) is 0. The highest BCUT2D eigenvalue weighted by molar-refractivity contribution is 6.33. The molecule has 2 N–H and O–H groups in total. The summed E-state index contributed by atoms with van der Waals surface area (Å²) in [5, 5.41) is 4.43. The first-order chi connectivity index (χ1) is 9.24. The largest absolute Gasteiger partial charge is 0.381 e. The average Bonchev–Trinajstić information content (AvgIpc) is 2.86. The quantitative estimate of drug-likeness (QED) is 0.912. The Morgan fingerprint density at radius 3 is 2.58 bits per heavy atom. The van der Waals surface area contributed by atoms with Gasteiger partial charge in [0.15, 0.2) is 11.6 Å². The van der Waals surface area contributed by atoms with Crippen molar-refractivity contribution >= 4 is 23.1 Å². The first kappa shape index (κ1) is 12.4. The van der Waals surface area contributed by atoms with E-state index in [1.165, 1.54) is 19.3 Å². The molecule has 1 aromatic heterocycles. The maximum atomic E-state index is 6.38. The van der Waals surface area contributed by atoms with Gasteiger partial charge in [-0.3, -0.25) is 0 Å². The van der Waals surface area contributed by atoms with Crippen LogP contribution in [0.15, 0.2) is 28.8 Å². The lowest BCUT2D eigenvalue weighted by molar-refractivity contribution is 0.436. The van der Waals surface area contributed by atoms with Crippen LogP contribution in [0, 0.1) is 0 Å². The molecule has 2 aromatic rings. The Kier molecular flexibility index (Phi) is 3.34. The topological polar surface area (TPSA) is 55.3 Å². The van der Waals surface area contributed by atoms with Crippen LogP contribution in [0.25, 0.3) is 11.3 Å². The Hall–Kier alpha value is -1.68. The molecule has 0 aliphatic carbocycles. The van der Waals surface area contributed by atoms with Gasteiger partial charge in [-0.2, -0.15) is 0 Å². The Morgan fingerprint density at radius 1 is 1.16 bits per heavy atom. The van der Waals surface area contributed by atoms with Crippen molar-refractivity contribution in [2.75, 3.05) is 23.7 Å². The molecule has 1 aliphatic heterocycles. The molecule has 4 nitrogen and oxygen atoms in total. The summed E-state index contributed by atoms with van der Waals surface area (Å²) in [5.41, 5.74) is 7.55. The molecule has 2 heterocycles. The van der Waals surface area contributed by atoms with E-state index in [0.29, 0.717) is 11.6 Å². The summed E-state index contributed by atoms with van der Waals surface area (Å²) in [4.78, 5) is 2.34. The molecular weight excluding hydrogens is 262 g/mol. The number of hydrogen-bond donors (Lipinski definition) is 1. The Labute approximate surface area is 117 Å². The number of halogens is 1. The van der Waals surface area contributed by atoms with E-state index in [4.69, 9.17) is 21.9 Å². The molecule has 1 aromatic carbocycles. The van der Waals surface area contributed by atoms with Crippen molar-refractivity contribution in [2.24, 2.45) is 0 Å². The van der Waals surface area contributed by atoms with Crippen LogP contribution in [-0.4, -0.2) is 18.2 Å². The number of benzene rings is 1. The van der Waals surface area contributed by atoms with E-state index in [9.17, 15) is 0 Å². The molecule has 1 aliphatic rings. The predicted molar refractivity (Wildman–Crippen MR) is 77.4 cm³/mol. The number of aromatic nitrogens is 1. The monoisotopic (exact) mass is 277 g/mol. The summed E-state index contributed by atoms with van der Waals surface area (Å²) < 4.78 is 5.14. The number of piperidine rings is 1. The summed E-state index contributed by atoms with van der Waals surface area (Å²) in [5.74, 6) is 1.02. The summed E-state index contributed by atoms with van der Waals surface area (Å²) >= 11 is 6.38. The molecule has 0 bridgehead atoms. The second kappa shape index (κ2) is 5.13. The zero-order valence-corrected chi connectivity index (χ0v) is 11.4. The first-order valence-corrected chi connectivity index (χ1v) is 6.89. The molecule has 0 unspecified atom stereocenters. The number of hydrogen-bond acceptors (Lipinski definition) is 4. The molecule has 100 valence electrons. The van der Waals surface area contributed by atoms with E-state index in [2.05, 4.69) is 10.1 Å². The van der Waals surface area contributed by atoms with E-state index in [0.717, 1.165) is 29.4 Å². The maximum absolute atomic E-state index is 6.38. The molecule has 0 atom stereocenters. The van der Waals surface area contributed by atoms with E-state index in [1.54, 1.807) is 6.07 Å². The van der Waals surface area contributed by atoms with E-state index in [1.807, 2.05) is 18.2 Å². The fourth-order valence-corrected chi connectivity index (χ4v) is 2.78. The fraction of sp³-hybridized carbons (Fsp3) is 0.357. The summed E-state index contributed by atoms with van der Waals surface area (Å²) in [6, 6.07) is 7.65. The highest BCUT2D eigenvalue weighted by atomic mass is 35.5. The highest BCUT2D eigenvalue weighted by Gasteiger charge is 2.15. The lowest BCUT2D eigenvalue weighted by Crippen LogP contribution is -2.29. The van der Waals surface area contributed by atoms with Gasteiger partial charge in [0.2, 0.25) is 0 Å². The van der Waals surface area contributed by atoms with Crippen molar-refractivity contribution in [3.05, 3.63) is 29.3 Å². The predicted octanol–water partition coefficient (Wildman–Crippen LogP) is 3.57. The van der Waals surface area contributed by atoms with E-state index in [-0.39, 0.29) is 0 Å². The van der Waals surface area contributed by atoms with Gasteiger partial charge < -0.3 is 15.2 Å². The van der Waals surface area contributed by atoms with Crippen molar-refractivity contribution in [3.63, 3.8) is 0 Å². The van der Waals surface area contributed by atoms with Crippen LogP contribution >= 0.6 is 11.6 Å². The number of rotatable bonds is 2. The standard InChI is InChI=1S/C14H16ClN3O/c15-11-8-10(13-9-14(16)17-19-13)4-5-12(11)18-6-2-1-3-7-18/h4-5,8-9H,1-3,6-7H2,(H2,16,17). The van der Waals surface area contributed by atoms with Crippen molar-refractivity contribution < 1.29 is 4.52 Å². The zero-order chi connectivity index (χ0) is 13.2. The van der Waals surface area contributed by atoms with Crippen LogP contribution in [0.4, 0.5) is 11.5 Å². The Balaban J connectivity index is 1.89. The number of anilines is 2. The molecule has 1 saturated heterocycles. The van der Waals surface area contributed by atoms with Crippen molar-refractivity contribution in [1.29, 1.82) is 0 Å². The molecule has 5 heteroatoms. The van der Waals surface area contributed by atoms with Gasteiger partial charge in [-0.05, 0) is 37.5 Å². The number of nitrogens with two attached hydrogens (primary N) is 1. The normalized spacial score (nSPS) is 15.7. The Bertz CT molecular complexity index is 576. The van der Waals surface area contributed by atoms with Gasteiger partial charge >= 0.3 is 0 Å². The van der Waals surface area contributed by atoms with Crippen LogP contribution in [-0.2, 0) is 0 Å². The molecule has 1 fully saturated rings. The van der Waals surface area contributed by atoms with Crippen LogP contribution < -0.4 is 10.6 Å². The smallest absolute Gasteiger partial charge is 0.169 e. The minimum Gasteiger partial charge on any atom is -0.381 e. The molecule has 0 saturated carbocycles. The molecule has 19 heavy (non-hydrogen) atoms. The summed E-state index contributed by atoms with van der Waals surface area (Å²) in [6.07, 6.45) is 3.77. The highest BCUT2D eigenvalue weighted by Crippen LogP contribution is 2.33. The van der Waals surface area contributed by atoms with Crippen molar-refractivity contribution in [2.45, 2.75) is 19.3 Å². The number of nitrogen functional groups attached to an aromatic ring is 1. The van der Waals surface area contributed by atoms with E-state index < -0.39 is 0 Å². The van der Waals surface area contributed by atoms with Crippen molar-refractivity contribution in [1.82, 2.24) is 5.16 Å². The SMILES string of the molecule is Nc1cc(-c2ccc(N3CCCCC3)c(Cl)c2)on1. The van der Waals surface area contributed by atoms with Crippen LogP contribution in [0.2, 0.25) is 5.02 Å². The van der Waals surface area contributed by atoms with Crippen LogP contribution in [0.5, 0.6) is 0 Å². The number of nitrogens with zero attached hydrogens (tertiary/aromatic N) is 2. The maximum Gasteiger partial charge on any atom is 0.169 e. The van der Waals surface area contributed by atoms with Gasteiger partial charge in [0.25, 0.3) is 0 Å². The first-order valence-electron chi connectivity index (χ1n) is 6.51. The fourth-order valence-electron chi connectivity index (χ4n) is 2.48. The third kappa shape index (κ3) is 2.54. The molecule has 0 radical (unpaired) electrons. The van der Waals surface area contributed by atoms with Crippen LogP contribution in [0.3, 0.4) is 0 Å². The minimum absolute atomic E-state index is 0.381. The lowest BCUT2D eigenvalue weighted by Gasteiger charge is -2.29. The third-order valence-electron chi connectivity index (χ3n) is 3.46. The molecular formula is C14H16ClN3O. The van der Waals surface area contributed by atoms with Gasteiger partial charge in [0, 0.05) is 24.7 Å². The van der Waals surface area contributed by atoms with Crippen molar-refractivity contribution in [3.8, 4) is 11.3 Å². The molecule has 0 amide bonds. The lowest BCUT2D eigenvalue weighted by atomic mass is 10.1. The summed E-state index contributed by atoms with van der Waals surface area (Å²) in [6.45, 7) is 2.16. The van der Waals surface area contributed by atoms with Gasteiger partial charge in [0.1, 0.15) is 0 Å². The average molecular weight is 278 g/mol. The molecule has 3 rings (SSSR count). The second-order valence-corrected chi connectivity index (χ2v) is 5.24. The third-order valence-corrected chi connectivity index (χ3v) is 3.76. The van der Waals surface area contributed by atoms with Gasteiger partial charge in [-0.15, -0.1) is 0 Å². The van der Waals surface area contributed by atoms with Gasteiger partial charge in [0.05, 0.1) is 10.7 Å². The van der Waals surface area contributed by atoms with Gasteiger partial charge in [-0.25, -0.2) is 0 Å². The van der Waals surface area contributed by atoms with Gasteiger partial charge in [-0.1, -0.05) is 16.8 Å². The van der Waals surface area contributed by atoms with E-state index >= 15 is 0 Å². The second-order valence-electron chi connectivity index (χ2n) is 4.83. The molecule has 0 spiro atoms. The minimum atomic E-state index is 0.381. The zero-order valence-electron chi connectivity index (χ0n) is 10.6. The van der Waals surface area contributed by atoms with Crippen LogP contribution in [0.1, 0.15) is 19.3 Å². The Morgan fingerprint density at radius 2 is 1.95 bits per heavy atom.